The van der Waals surface area contributed by atoms with Crippen LogP contribution in [0.1, 0.15) is 35.4 Å². The Labute approximate surface area is 138 Å². The summed E-state index contributed by atoms with van der Waals surface area (Å²) in [6.45, 7) is 3.70. The van der Waals surface area contributed by atoms with Crippen molar-refractivity contribution in [2.24, 2.45) is 0 Å². The lowest BCUT2D eigenvalue weighted by atomic mass is 10.0. The van der Waals surface area contributed by atoms with E-state index in [2.05, 4.69) is 40.0 Å². The SMILES string of the molecule is CC[C@@H]1c2cccn2CCN1C(=O)c1cn[nH]c1-c1cccs1. The third-order valence-electron chi connectivity index (χ3n) is 4.45. The Hall–Kier alpha value is -2.34. The number of aromatic amines is 1. The van der Waals surface area contributed by atoms with Crippen LogP contribution in [0.15, 0.2) is 42.0 Å². The van der Waals surface area contributed by atoms with Gasteiger partial charge in [0.05, 0.1) is 28.4 Å². The molecular formula is C17H18N4OS. The molecule has 0 saturated carbocycles. The molecule has 1 aliphatic heterocycles. The smallest absolute Gasteiger partial charge is 0.258 e. The van der Waals surface area contributed by atoms with Crippen LogP contribution in [-0.4, -0.2) is 32.1 Å². The summed E-state index contributed by atoms with van der Waals surface area (Å²) in [5, 5.41) is 9.10. The number of rotatable bonds is 3. The van der Waals surface area contributed by atoms with Gasteiger partial charge in [0.2, 0.25) is 0 Å². The molecule has 3 aromatic heterocycles. The monoisotopic (exact) mass is 326 g/mol. The molecule has 4 heterocycles. The van der Waals surface area contributed by atoms with Gasteiger partial charge in [-0.15, -0.1) is 11.3 Å². The van der Waals surface area contributed by atoms with Crippen molar-refractivity contribution in [2.75, 3.05) is 6.54 Å². The number of amides is 1. The number of nitrogens with one attached hydrogen (secondary N) is 1. The van der Waals surface area contributed by atoms with Gasteiger partial charge < -0.3 is 9.47 Å². The molecule has 1 atom stereocenters. The fraction of sp³-hybridized carbons (Fsp3) is 0.294. The van der Waals surface area contributed by atoms with Crippen molar-refractivity contribution in [3.8, 4) is 10.6 Å². The van der Waals surface area contributed by atoms with Gasteiger partial charge in [0.1, 0.15) is 0 Å². The Morgan fingerprint density at radius 1 is 1.39 bits per heavy atom. The average Bonchev–Trinajstić information content (AvgIpc) is 3.32. The molecule has 1 amide bonds. The van der Waals surface area contributed by atoms with Crippen molar-refractivity contribution in [1.82, 2.24) is 19.7 Å². The van der Waals surface area contributed by atoms with E-state index >= 15 is 0 Å². The van der Waals surface area contributed by atoms with Gasteiger partial charge in [0, 0.05) is 25.0 Å². The van der Waals surface area contributed by atoms with Crippen LogP contribution in [0.5, 0.6) is 0 Å². The quantitative estimate of drug-likeness (QED) is 0.800. The van der Waals surface area contributed by atoms with Gasteiger partial charge in [0.15, 0.2) is 0 Å². The minimum Gasteiger partial charge on any atom is -0.348 e. The van der Waals surface area contributed by atoms with E-state index in [1.165, 1.54) is 5.69 Å². The van der Waals surface area contributed by atoms with Crippen LogP contribution in [0.2, 0.25) is 0 Å². The van der Waals surface area contributed by atoms with E-state index in [1.54, 1.807) is 17.5 Å². The Balaban J connectivity index is 1.69. The second-order valence-corrected chi connectivity index (χ2v) is 6.63. The molecule has 3 aromatic rings. The predicted molar refractivity (Wildman–Crippen MR) is 90.4 cm³/mol. The third kappa shape index (κ3) is 2.30. The summed E-state index contributed by atoms with van der Waals surface area (Å²) >= 11 is 1.61. The fourth-order valence-corrected chi connectivity index (χ4v) is 4.08. The standard InChI is InChI=1S/C17H18N4OS/c1-2-13-14-5-3-7-20(14)8-9-21(13)17(22)12-11-18-19-16(12)15-6-4-10-23-15/h3-7,10-11,13H,2,8-9H2,1H3,(H,18,19)/t13-/m1/s1. The average molecular weight is 326 g/mol. The zero-order valence-electron chi connectivity index (χ0n) is 12.9. The predicted octanol–water partition coefficient (Wildman–Crippen LogP) is 3.55. The van der Waals surface area contributed by atoms with Crippen molar-refractivity contribution >= 4 is 17.2 Å². The third-order valence-corrected chi connectivity index (χ3v) is 5.34. The van der Waals surface area contributed by atoms with E-state index < -0.39 is 0 Å². The molecule has 0 spiro atoms. The maximum absolute atomic E-state index is 13.1. The Bertz CT molecular complexity index is 817. The number of hydrogen-bond acceptors (Lipinski definition) is 3. The molecule has 6 heteroatoms. The van der Waals surface area contributed by atoms with Gasteiger partial charge in [-0.2, -0.15) is 5.10 Å². The van der Waals surface area contributed by atoms with E-state index in [9.17, 15) is 4.79 Å². The summed E-state index contributed by atoms with van der Waals surface area (Å²) in [4.78, 5) is 16.2. The van der Waals surface area contributed by atoms with Gasteiger partial charge in [0.25, 0.3) is 5.91 Å². The lowest BCUT2D eigenvalue weighted by molar-refractivity contribution is 0.0619. The maximum atomic E-state index is 13.1. The fourth-order valence-electron chi connectivity index (χ4n) is 3.35. The van der Waals surface area contributed by atoms with Crippen LogP contribution >= 0.6 is 11.3 Å². The van der Waals surface area contributed by atoms with Crippen molar-refractivity contribution < 1.29 is 4.79 Å². The molecule has 1 N–H and O–H groups in total. The van der Waals surface area contributed by atoms with Crippen molar-refractivity contribution in [3.05, 3.63) is 53.3 Å². The molecule has 0 radical (unpaired) electrons. The zero-order valence-corrected chi connectivity index (χ0v) is 13.7. The van der Waals surface area contributed by atoms with E-state index in [0.717, 1.165) is 30.1 Å². The van der Waals surface area contributed by atoms with E-state index in [0.29, 0.717) is 5.56 Å². The second kappa shape index (κ2) is 5.70. The first-order chi connectivity index (χ1) is 11.3. The number of H-pyrrole nitrogens is 1. The number of carbonyl (C=O) groups is 1. The zero-order chi connectivity index (χ0) is 15.8. The largest absolute Gasteiger partial charge is 0.348 e. The van der Waals surface area contributed by atoms with E-state index in [4.69, 9.17) is 0 Å². The summed E-state index contributed by atoms with van der Waals surface area (Å²) < 4.78 is 2.24. The first-order valence-corrected chi connectivity index (χ1v) is 8.70. The highest BCUT2D eigenvalue weighted by Crippen LogP contribution is 2.32. The summed E-state index contributed by atoms with van der Waals surface area (Å²) in [7, 11) is 0. The molecule has 118 valence electrons. The van der Waals surface area contributed by atoms with Gasteiger partial charge in [-0.25, -0.2) is 0 Å². The number of aromatic nitrogens is 3. The molecule has 0 aromatic carbocycles. The molecule has 1 aliphatic rings. The topological polar surface area (TPSA) is 53.9 Å². The number of nitrogens with zero attached hydrogens (tertiary/aromatic N) is 3. The molecule has 23 heavy (non-hydrogen) atoms. The lowest BCUT2D eigenvalue weighted by Crippen LogP contribution is -2.41. The Morgan fingerprint density at radius 2 is 2.30 bits per heavy atom. The number of thiophene rings is 1. The molecule has 0 fully saturated rings. The van der Waals surface area contributed by atoms with Gasteiger partial charge in [-0.05, 0) is 30.0 Å². The summed E-state index contributed by atoms with van der Waals surface area (Å²) in [6, 6.07) is 8.28. The highest BCUT2D eigenvalue weighted by Gasteiger charge is 2.31. The Morgan fingerprint density at radius 3 is 3.09 bits per heavy atom. The molecule has 0 bridgehead atoms. The molecule has 0 saturated heterocycles. The lowest BCUT2D eigenvalue weighted by Gasteiger charge is -2.36. The van der Waals surface area contributed by atoms with Crippen molar-refractivity contribution in [1.29, 1.82) is 0 Å². The van der Waals surface area contributed by atoms with Crippen LogP contribution < -0.4 is 0 Å². The van der Waals surface area contributed by atoms with Gasteiger partial charge in [-0.1, -0.05) is 13.0 Å². The van der Waals surface area contributed by atoms with Crippen LogP contribution in [0.4, 0.5) is 0 Å². The molecule has 4 rings (SSSR count). The van der Waals surface area contributed by atoms with Crippen molar-refractivity contribution in [2.45, 2.75) is 25.9 Å². The van der Waals surface area contributed by atoms with Gasteiger partial charge >= 0.3 is 0 Å². The number of fused-ring (bicyclic) bond motifs is 1. The first kappa shape index (κ1) is 14.3. The second-order valence-electron chi connectivity index (χ2n) is 5.69. The maximum Gasteiger partial charge on any atom is 0.258 e. The van der Waals surface area contributed by atoms with E-state index in [1.807, 2.05) is 22.4 Å². The number of hydrogen-bond donors (Lipinski definition) is 1. The van der Waals surface area contributed by atoms with E-state index in [-0.39, 0.29) is 11.9 Å². The minimum absolute atomic E-state index is 0.0569. The molecule has 0 unspecified atom stereocenters. The van der Waals surface area contributed by atoms with Crippen LogP contribution in [0.25, 0.3) is 10.6 Å². The molecular weight excluding hydrogens is 308 g/mol. The van der Waals surface area contributed by atoms with Crippen LogP contribution in [-0.2, 0) is 6.54 Å². The summed E-state index contributed by atoms with van der Waals surface area (Å²) in [6.07, 6.45) is 4.65. The highest BCUT2D eigenvalue weighted by molar-refractivity contribution is 7.13. The first-order valence-electron chi connectivity index (χ1n) is 7.83. The molecule has 5 nitrogen and oxygen atoms in total. The van der Waals surface area contributed by atoms with Crippen LogP contribution in [0, 0.1) is 0 Å². The summed E-state index contributed by atoms with van der Waals surface area (Å²) in [5.74, 6) is 0.0569. The number of carbonyl (C=O) groups excluding carboxylic acids is 1. The summed E-state index contributed by atoms with van der Waals surface area (Å²) in [5.41, 5.74) is 2.69. The van der Waals surface area contributed by atoms with Crippen LogP contribution in [0.3, 0.4) is 0 Å². The molecule has 0 aliphatic carbocycles. The van der Waals surface area contributed by atoms with Gasteiger partial charge in [-0.3, -0.25) is 9.89 Å². The Kier molecular flexibility index (Phi) is 3.53. The highest BCUT2D eigenvalue weighted by atomic mass is 32.1. The van der Waals surface area contributed by atoms with Crippen molar-refractivity contribution in [3.63, 3.8) is 0 Å². The minimum atomic E-state index is 0.0569. The normalized spacial score (nSPS) is 17.3.